The zero-order valence-corrected chi connectivity index (χ0v) is 12.8. The Kier molecular flexibility index (Phi) is 11.2. The number of nitrogens with zero attached hydrogens (tertiary/aromatic N) is 1. The maximum Gasteiger partial charge on any atom is 0.169 e. The molecule has 0 bridgehead atoms. The van der Waals surface area contributed by atoms with Crippen LogP contribution in [0.5, 0.6) is 0 Å². The van der Waals surface area contributed by atoms with E-state index in [1.807, 2.05) is 0 Å². The molecule has 0 aliphatic heterocycles. The Morgan fingerprint density at radius 1 is 0.833 bits per heavy atom. The van der Waals surface area contributed by atoms with E-state index in [2.05, 4.69) is 42.9 Å². The van der Waals surface area contributed by atoms with Gasteiger partial charge in [0.2, 0.25) is 0 Å². The molecule has 104 valence electrons. The van der Waals surface area contributed by atoms with Gasteiger partial charge in [0, 0.05) is 18.6 Å². The molecular formula is C16H28ClN. The van der Waals surface area contributed by atoms with Crippen LogP contribution in [0.15, 0.2) is 24.5 Å². The minimum absolute atomic E-state index is 0. The van der Waals surface area contributed by atoms with Gasteiger partial charge in [0.05, 0.1) is 0 Å². The van der Waals surface area contributed by atoms with E-state index in [1.54, 1.807) is 0 Å². The number of pyridine rings is 1. The molecule has 2 heteroatoms. The molecule has 0 aromatic carbocycles. The lowest BCUT2D eigenvalue weighted by molar-refractivity contribution is -0.697. The zero-order valence-electron chi connectivity index (χ0n) is 12.0. The Labute approximate surface area is 119 Å². The summed E-state index contributed by atoms with van der Waals surface area (Å²) in [6, 6.07) is 4.53. The molecule has 1 aromatic heterocycles. The van der Waals surface area contributed by atoms with Gasteiger partial charge in [-0.05, 0) is 18.4 Å². The zero-order chi connectivity index (χ0) is 12.3. The largest absolute Gasteiger partial charge is 1.00 e. The van der Waals surface area contributed by atoms with Crippen molar-refractivity contribution in [3.05, 3.63) is 30.1 Å². The molecule has 0 unspecified atom stereocenters. The Morgan fingerprint density at radius 2 is 1.44 bits per heavy atom. The van der Waals surface area contributed by atoms with Crippen LogP contribution in [-0.4, -0.2) is 0 Å². The molecule has 0 saturated heterocycles. The van der Waals surface area contributed by atoms with Crippen LogP contribution < -0.4 is 17.0 Å². The van der Waals surface area contributed by atoms with Crippen LogP contribution in [0.4, 0.5) is 0 Å². The van der Waals surface area contributed by atoms with E-state index < -0.39 is 0 Å². The molecule has 0 fully saturated rings. The Hall–Kier alpha value is -0.560. The van der Waals surface area contributed by atoms with Gasteiger partial charge in [-0.2, -0.15) is 0 Å². The highest BCUT2D eigenvalue weighted by atomic mass is 35.5. The van der Waals surface area contributed by atoms with Gasteiger partial charge < -0.3 is 12.4 Å². The summed E-state index contributed by atoms with van der Waals surface area (Å²) in [5.41, 5.74) is 1.46. The fraction of sp³-hybridized carbons (Fsp3) is 0.688. The number of rotatable bonds is 9. The van der Waals surface area contributed by atoms with Gasteiger partial charge in [-0.25, -0.2) is 4.57 Å². The molecule has 0 aliphatic carbocycles. The molecule has 0 aliphatic rings. The first-order valence-electron chi connectivity index (χ1n) is 7.34. The lowest BCUT2D eigenvalue weighted by Gasteiger charge is -2.00. The summed E-state index contributed by atoms with van der Waals surface area (Å²) < 4.78 is 2.32. The molecule has 0 spiro atoms. The highest BCUT2D eigenvalue weighted by molar-refractivity contribution is 5.06. The first-order chi connectivity index (χ1) is 8.36. The number of unbranched alkanes of at least 4 members (excludes halogenated alkanes) is 5. The smallest absolute Gasteiger partial charge is 0.169 e. The second kappa shape index (κ2) is 11.5. The number of aryl methyl sites for hydroxylation is 2. The molecule has 0 atom stereocenters. The van der Waals surface area contributed by atoms with Crippen LogP contribution in [0.3, 0.4) is 0 Å². The van der Waals surface area contributed by atoms with E-state index in [0.717, 1.165) is 0 Å². The maximum absolute atomic E-state index is 2.32. The minimum Gasteiger partial charge on any atom is -1.00 e. The third-order valence-corrected chi connectivity index (χ3v) is 3.27. The molecule has 1 rings (SSSR count). The van der Waals surface area contributed by atoms with Crippen molar-refractivity contribution in [2.24, 2.45) is 0 Å². The van der Waals surface area contributed by atoms with Gasteiger partial charge in [-0.3, -0.25) is 0 Å². The molecule has 0 amide bonds. The van der Waals surface area contributed by atoms with Gasteiger partial charge >= 0.3 is 0 Å². The first kappa shape index (κ1) is 17.4. The van der Waals surface area contributed by atoms with E-state index in [1.165, 1.54) is 63.5 Å². The third-order valence-electron chi connectivity index (χ3n) is 3.27. The number of aromatic nitrogens is 1. The quantitative estimate of drug-likeness (QED) is 0.470. The average molecular weight is 270 g/mol. The second-order valence-corrected chi connectivity index (χ2v) is 4.96. The molecule has 0 saturated carbocycles. The van der Waals surface area contributed by atoms with E-state index in [9.17, 15) is 0 Å². The van der Waals surface area contributed by atoms with E-state index in [0.29, 0.717) is 0 Å². The van der Waals surface area contributed by atoms with Gasteiger partial charge in [-0.1, -0.05) is 46.0 Å². The standard InChI is InChI=1S/C16H28N.ClH/c1-3-5-6-7-8-9-13-17-14-11-16(10-4-2)12-15-17;/h11-12,14-15H,3-10,13H2,1-2H3;1H/q+1;/p-1. The van der Waals surface area contributed by atoms with E-state index in [4.69, 9.17) is 0 Å². The highest BCUT2D eigenvalue weighted by Gasteiger charge is 2.00. The molecule has 0 radical (unpaired) electrons. The SMILES string of the molecule is CCCCCCCC[n+]1ccc(CCC)cc1.[Cl-]. The van der Waals surface area contributed by atoms with Gasteiger partial charge in [-0.15, -0.1) is 0 Å². The van der Waals surface area contributed by atoms with E-state index >= 15 is 0 Å². The summed E-state index contributed by atoms with van der Waals surface area (Å²) in [6.45, 7) is 5.68. The number of hydrogen-bond acceptors (Lipinski definition) is 0. The molecule has 0 N–H and O–H groups in total. The molecule has 1 nitrogen and oxygen atoms in total. The topological polar surface area (TPSA) is 3.88 Å². The fourth-order valence-corrected chi connectivity index (χ4v) is 2.17. The Bertz CT molecular complexity index is 282. The van der Waals surface area contributed by atoms with Gasteiger partial charge in [0.15, 0.2) is 12.4 Å². The van der Waals surface area contributed by atoms with Crippen LogP contribution >= 0.6 is 0 Å². The molecule has 1 heterocycles. The van der Waals surface area contributed by atoms with Crippen molar-refractivity contribution in [3.63, 3.8) is 0 Å². The fourth-order valence-electron chi connectivity index (χ4n) is 2.17. The lowest BCUT2D eigenvalue weighted by atomic mass is 10.1. The van der Waals surface area contributed by atoms with Crippen molar-refractivity contribution in [2.75, 3.05) is 0 Å². The molecule has 1 aromatic rings. The van der Waals surface area contributed by atoms with Crippen molar-refractivity contribution in [2.45, 2.75) is 71.8 Å². The van der Waals surface area contributed by atoms with E-state index in [-0.39, 0.29) is 12.4 Å². The summed E-state index contributed by atoms with van der Waals surface area (Å²) >= 11 is 0. The highest BCUT2D eigenvalue weighted by Crippen LogP contribution is 2.05. The summed E-state index contributed by atoms with van der Waals surface area (Å²) in [4.78, 5) is 0. The van der Waals surface area contributed by atoms with Crippen molar-refractivity contribution in [1.29, 1.82) is 0 Å². The van der Waals surface area contributed by atoms with Gasteiger partial charge in [0.1, 0.15) is 6.54 Å². The van der Waals surface area contributed by atoms with Crippen LogP contribution in [0, 0.1) is 0 Å². The summed E-state index contributed by atoms with van der Waals surface area (Å²) in [5, 5.41) is 0. The summed E-state index contributed by atoms with van der Waals surface area (Å²) in [5.74, 6) is 0. The molecule has 18 heavy (non-hydrogen) atoms. The van der Waals surface area contributed by atoms with Crippen LogP contribution in [0.25, 0.3) is 0 Å². The van der Waals surface area contributed by atoms with Crippen LogP contribution in [-0.2, 0) is 13.0 Å². The van der Waals surface area contributed by atoms with Crippen LogP contribution in [0.1, 0.15) is 64.4 Å². The van der Waals surface area contributed by atoms with Crippen molar-refractivity contribution in [3.8, 4) is 0 Å². The Balaban J connectivity index is 0.00000289. The van der Waals surface area contributed by atoms with Crippen LogP contribution in [0.2, 0.25) is 0 Å². The summed E-state index contributed by atoms with van der Waals surface area (Å²) in [6.07, 6.45) is 15.2. The lowest BCUT2D eigenvalue weighted by Crippen LogP contribution is -3.00. The van der Waals surface area contributed by atoms with Crippen molar-refractivity contribution in [1.82, 2.24) is 0 Å². The number of halogens is 1. The number of hydrogen-bond donors (Lipinski definition) is 0. The second-order valence-electron chi connectivity index (χ2n) is 4.96. The molecular weight excluding hydrogens is 242 g/mol. The van der Waals surface area contributed by atoms with Crippen molar-refractivity contribution < 1.29 is 17.0 Å². The van der Waals surface area contributed by atoms with Gasteiger partial charge in [0.25, 0.3) is 0 Å². The maximum atomic E-state index is 2.32. The Morgan fingerprint density at radius 3 is 2.06 bits per heavy atom. The third kappa shape index (κ3) is 7.71. The summed E-state index contributed by atoms with van der Waals surface area (Å²) in [7, 11) is 0. The predicted molar refractivity (Wildman–Crippen MR) is 74.0 cm³/mol. The normalized spacial score (nSPS) is 10.1. The minimum atomic E-state index is 0. The average Bonchev–Trinajstić information content (AvgIpc) is 2.36. The predicted octanol–water partition coefficient (Wildman–Crippen LogP) is 1.29. The van der Waals surface area contributed by atoms with Crippen molar-refractivity contribution >= 4 is 0 Å². The monoisotopic (exact) mass is 269 g/mol. The first-order valence-corrected chi connectivity index (χ1v) is 7.34.